The first kappa shape index (κ1) is 18.0. The molecule has 0 saturated carbocycles. The molecule has 1 aromatic heterocycles. The Hall–Kier alpha value is -3.35. The van der Waals surface area contributed by atoms with Crippen LogP contribution in [0.1, 0.15) is 6.92 Å². The van der Waals surface area contributed by atoms with Crippen LogP contribution < -0.4 is 19.5 Å². The summed E-state index contributed by atoms with van der Waals surface area (Å²) in [6, 6.07) is 5.29. The zero-order valence-corrected chi connectivity index (χ0v) is 14.3. The molecule has 0 bridgehead atoms. The number of fused-ring (bicyclic) bond motifs is 1. The lowest BCUT2D eigenvalue weighted by molar-refractivity contribution is -0.108. The minimum absolute atomic E-state index is 0.411. The van der Waals surface area contributed by atoms with Crippen LogP contribution in [-0.4, -0.2) is 31.4 Å². The molecule has 1 amide bonds. The Morgan fingerprint density at radius 2 is 1.96 bits per heavy atom. The maximum atomic E-state index is 10.4. The maximum absolute atomic E-state index is 10.4. The van der Waals surface area contributed by atoms with Crippen LogP contribution in [-0.2, 0) is 4.79 Å². The van der Waals surface area contributed by atoms with Gasteiger partial charge in [0.15, 0.2) is 11.5 Å². The number of aromatic nitrogens is 1. The van der Waals surface area contributed by atoms with Crippen molar-refractivity contribution in [2.75, 3.05) is 14.2 Å². The summed E-state index contributed by atoms with van der Waals surface area (Å²) in [4.78, 5) is 18.8. The van der Waals surface area contributed by atoms with Gasteiger partial charge >= 0.3 is 0 Å². The Morgan fingerprint density at radius 1 is 1.24 bits per heavy atom. The van der Waals surface area contributed by atoms with E-state index in [1.807, 2.05) is 0 Å². The minimum Gasteiger partial charge on any atom is -0.493 e. The van der Waals surface area contributed by atoms with Crippen LogP contribution in [0.5, 0.6) is 17.2 Å². The molecule has 0 aliphatic carbocycles. The Kier molecular flexibility index (Phi) is 6.11. The number of hydrogen-bond donors (Lipinski definition) is 1. The van der Waals surface area contributed by atoms with Gasteiger partial charge in [0.05, 0.1) is 25.9 Å². The van der Waals surface area contributed by atoms with Crippen LogP contribution in [0.15, 0.2) is 54.0 Å². The molecular weight excluding hydrogens is 322 g/mol. The standard InChI is InChI=1S/C18H19N3O4/c1-5-13(10-20-12(2)21-11-22)25-16-6-7-19-15-9-18(24-4)17(23-3)8-14(15)16/h5-11H,1H2,2-4H3,(H,20,21,22)/b13-10+. The van der Waals surface area contributed by atoms with Gasteiger partial charge in [-0.25, -0.2) is 4.99 Å². The molecule has 7 nitrogen and oxygen atoms in total. The van der Waals surface area contributed by atoms with Crippen molar-refractivity contribution in [1.82, 2.24) is 10.3 Å². The summed E-state index contributed by atoms with van der Waals surface area (Å²) in [5, 5.41) is 3.19. The SMILES string of the molecule is C=C/C(=C\N=C(/C)NC=O)Oc1ccnc2cc(OC)c(OC)cc12. The molecule has 1 heterocycles. The second kappa shape index (κ2) is 8.49. The first-order valence-corrected chi connectivity index (χ1v) is 7.38. The van der Waals surface area contributed by atoms with Crippen LogP contribution >= 0.6 is 0 Å². The highest BCUT2D eigenvalue weighted by atomic mass is 16.5. The van der Waals surface area contributed by atoms with Crippen LogP contribution in [0.4, 0.5) is 0 Å². The van der Waals surface area contributed by atoms with E-state index in [-0.39, 0.29) is 0 Å². The molecule has 0 atom stereocenters. The molecule has 0 aliphatic rings. The van der Waals surface area contributed by atoms with Crippen molar-refractivity contribution in [2.45, 2.75) is 6.92 Å². The van der Waals surface area contributed by atoms with Gasteiger partial charge in [0.1, 0.15) is 17.3 Å². The number of aliphatic imine (C=N–C) groups is 1. The van der Waals surface area contributed by atoms with Crippen molar-refractivity contribution in [3.63, 3.8) is 0 Å². The normalized spacial score (nSPS) is 11.8. The number of nitrogens with zero attached hydrogens (tertiary/aromatic N) is 2. The van der Waals surface area contributed by atoms with Crippen LogP contribution in [0.25, 0.3) is 10.9 Å². The Morgan fingerprint density at radius 3 is 2.60 bits per heavy atom. The van der Waals surface area contributed by atoms with E-state index in [9.17, 15) is 4.79 Å². The minimum atomic E-state index is 0.411. The molecule has 0 fully saturated rings. The van der Waals surface area contributed by atoms with Gasteiger partial charge in [-0.3, -0.25) is 9.78 Å². The number of allylic oxidation sites excluding steroid dienone is 1. The Balaban J connectivity index is 2.43. The third-order valence-electron chi connectivity index (χ3n) is 3.29. The average molecular weight is 341 g/mol. The summed E-state index contributed by atoms with van der Waals surface area (Å²) in [5.74, 6) is 2.56. The largest absolute Gasteiger partial charge is 0.493 e. The molecular formula is C18H19N3O4. The summed E-state index contributed by atoms with van der Waals surface area (Å²) in [6.07, 6.45) is 5.17. The molecule has 25 heavy (non-hydrogen) atoms. The highest BCUT2D eigenvalue weighted by Gasteiger charge is 2.11. The van der Waals surface area contributed by atoms with Crippen molar-refractivity contribution in [2.24, 2.45) is 4.99 Å². The van der Waals surface area contributed by atoms with Gasteiger partial charge in [-0.1, -0.05) is 6.58 Å². The van der Waals surface area contributed by atoms with E-state index in [1.54, 1.807) is 45.5 Å². The fourth-order valence-corrected chi connectivity index (χ4v) is 2.07. The molecule has 0 aliphatic heterocycles. The monoisotopic (exact) mass is 341 g/mol. The number of ether oxygens (including phenoxy) is 3. The van der Waals surface area contributed by atoms with E-state index in [2.05, 4.69) is 21.9 Å². The van der Waals surface area contributed by atoms with Gasteiger partial charge in [-0.2, -0.15) is 0 Å². The molecule has 2 rings (SSSR count). The van der Waals surface area contributed by atoms with Crippen molar-refractivity contribution in [3.8, 4) is 17.2 Å². The molecule has 0 radical (unpaired) electrons. The lowest BCUT2D eigenvalue weighted by Gasteiger charge is -2.12. The Bertz CT molecular complexity index is 844. The molecule has 1 aromatic carbocycles. The predicted octanol–water partition coefficient (Wildman–Crippen LogP) is 2.82. The van der Waals surface area contributed by atoms with E-state index in [0.29, 0.717) is 40.8 Å². The highest BCUT2D eigenvalue weighted by molar-refractivity contribution is 5.89. The van der Waals surface area contributed by atoms with Crippen LogP contribution in [0.3, 0.4) is 0 Å². The second-order valence-corrected chi connectivity index (χ2v) is 4.85. The predicted molar refractivity (Wildman–Crippen MR) is 96.1 cm³/mol. The summed E-state index contributed by atoms with van der Waals surface area (Å²) < 4.78 is 16.5. The number of rotatable bonds is 7. The smallest absolute Gasteiger partial charge is 0.212 e. The second-order valence-electron chi connectivity index (χ2n) is 4.85. The van der Waals surface area contributed by atoms with Gasteiger partial charge in [0.25, 0.3) is 0 Å². The molecule has 0 unspecified atom stereocenters. The first-order valence-electron chi connectivity index (χ1n) is 7.38. The number of carbonyl (C=O) groups excluding carboxylic acids is 1. The van der Waals surface area contributed by atoms with E-state index in [0.717, 1.165) is 5.39 Å². The third kappa shape index (κ3) is 4.35. The fourth-order valence-electron chi connectivity index (χ4n) is 2.07. The van der Waals surface area contributed by atoms with Crippen molar-refractivity contribution in [1.29, 1.82) is 0 Å². The van der Waals surface area contributed by atoms with E-state index < -0.39 is 0 Å². The number of benzene rings is 1. The number of hydrogen-bond acceptors (Lipinski definition) is 6. The number of nitrogens with one attached hydrogen (secondary N) is 1. The molecule has 130 valence electrons. The van der Waals surface area contributed by atoms with E-state index >= 15 is 0 Å². The molecule has 1 N–H and O–H groups in total. The van der Waals surface area contributed by atoms with Gasteiger partial charge in [0.2, 0.25) is 6.41 Å². The summed E-state index contributed by atoms with van der Waals surface area (Å²) in [7, 11) is 3.13. The number of methoxy groups -OCH3 is 2. The fraction of sp³-hybridized carbons (Fsp3) is 0.167. The van der Waals surface area contributed by atoms with Crippen LogP contribution in [0.2, 0.25) is 0 Å². The molecule has 2 aromatic rings. The van der Waals surface area contributed by atoms with Crippen molar-refractivity contribution >= 4 is 23.1 Å². The van der Waals surface area contributed by atoms with Gasteiger partial charge < -0.3 is 19.5 Å². The number of pyridine rings is 1. The highest BCUT2D eigenvalue weighted by Crippen LogP contribution is 2.35. The zero-order chi connectivity index (χ0) is 18.2. The van der Waals surface area contributed by atoms with Crippen molar-refractivity contribution < 1.29 is 19.0 Å². The summed E-state index contributed by atoms with van der Waals surface area (Å²) >= 11 is 0. The summed E-state index contributed by atoms with van der Waals surface area (Å²) in [6.45, 7) is 5.37. The number of carbonyl (C=O) groups is 1. The van der Waals surface area contributed by atoms with Gasteiger partial charge in [0, 0.05) is 17.6 Å². The molecule has 7 heteroatoms. The lowest BCUT2D eigenvalue weighted by Crippen LogP contribution is -2.17. The third-order valence-corrected chi connectivity index (χ3v) is 3.29. The zero-order valence-electron chi connectivity index (χ0n) is 14.3. The first-order chi connectivity index (χ1) is 12.1. The molecule has 0 saturated heterocycles. The average Bonchev–Trinajstić information content (AvgIpc) is 2.64. The quantitative estimate of drug-likeness (QED) is 0.275. The van der Waals surface area contributed by atoms with Crippen LogP contribution in [0, 0.1) is 0 Å². The van der Waals surface area contributed by atoms with Gasteiger partial charge in [-0.15, -0.1) is 0 Å². The lowest BCUT2D eigenvalue weighted by atomic mass is 10.2. The Labute approximate surface area is 145 Å². The van der Waals surface area contributed by atoms with Crippen molar-refractivity contribution in [3.05, 3.63) is 49.0 Å². The number of amidine groups is 1. The number of amides is 1. The summed E-state index contributed by atoms with van der Waals surface area (Å²) in [5.41, 5.74) is 0.695. The molecule has 0 spiro atoms. The van der Waals surface area contributed by atoms with E-state index in [4.69, 9.17) is 14.2 Å². The topological polar surface area (TPSA) is 82.0 Å². The van der Waals surface area contributed by atoms with E-state index in [1.165, 1.54) is 12.3 Å². The van der Waals surface area contributed by atoms with Gasteiger partial charge in [-0.05, 0) is 25.1 Å². The maximum Gasteiger partial charge on any atom is 0.212 e.